The van der Waals surface area contributed by atoms with Crippen molar-refractivity contribution >= 4 is 21.7 Å². The van der Waals surface area contributed by atoms with E-state index < -0.39 is 0 Å². The average molecular weight is 191 g/mol. The van der Waals surface area contributed by atoms with Crippen molar-refractivity contribution in [3.63, 3.8) is 0 Å². The van der Waals surface area contributed by atoms with Crippen LogP contribution in [0, 0.1) is 11.3 Å². The Hall–Kier alpha value is 0.150. The summed E-state index contributed by atoms with van der Waals surface area (Å²) in [6.07, 6.45) is 1.08. The summed E-state index contributed by atoms with van der Waals surface area (Å²) in [5.74, 6) is 0.705. The minimum Gasteiger partial charge on any atom is -0.298 e. The fraction of sp³-hybridized carbons (Fsp3) is 0.857. The van der Waals surface area contributed by atoms with E-state index in [0.717, 1.165) is 6.42 Å². The van der Waals surface area contributed by atoms with Crippen LogP contribution in [0.2, 0.25) is 0 Å². The van der Waals surface area contributed by atoms with Gasteiger partial charge in [-0.2, -0.15) is 0 Å². The molecule has 1 aliphatic rings. The molecule has 1 atom stereocenters. The maximum absolute atomic E-state index is 10.9. The molecular formula is C7H11BrO. The molecule has 1 fully saturated rings. The third kappa shape index (κ3) is 1.34. The SMILES string of the molecule is CC1(C)CC1C(=O)CBr. The molecule has 1 nitrogen and oxygen atoms in total. The molecule has 0 bridgehead atoms. The third-order valence-corrected chi connectivity index (χ3v) is 2.59. The number of ketones is 1. The summed E-state index contributed by atoms with van der Waals surface area (Å²) < 4.78 is 0. The number of halogens is 1. The number of Topliss-reactive ketones (excluding diaryl/α,β-unsaturated/α-hetero) is 1. The standard InChI is InChI=1S/C7H11BrO/c1-7(2)3-5(7)6(9)4-8/h5H,3-4H2,1-2H3. The van der Waals surface area contributed by atoms with Crippen molar-refractivity contribution < 1.29 is 4.79 Å². The van der Waals surface area contributed by atoms with E-state index in [4.69, 9.17) is 0 Å². The second-order valence-electron chi connectivity index (χ2n) is 3.35. The van der Waals surface area contributed by atoms with Gasteiger partial charge in [0.25, 0.3) is 0 Å². The maximum atomic E-state index is 10.9. The molecule has 0 aromatic rings. The molecule has 0 aromatic carbocycles. The van der Waals surface area contributed by atoms with Crippen LogP contribution in [0.3, 0.4) is 0 Å². The fourth-order valence-corrected chi connectivity index (χ4v) is 1.50. The fourth-order valence-electron chi connectivity index (χ4n) is 1.11. The smallest absolute Gasteiger partial charge is 0.147 e. The minimum atomic E-state index is 0.310. The summed E-state index contributed by atoms with van der Waals surface area (Å²) in [5, 5.41) is 0.529. The Labute approximate surface area is 64.0 Å². The van der Waals surface area contributed by atoms with Crippen LogP contribution in [0.15, 0.2) is 0 Å². The monoisotopic (exact) mass is 190 g/mol. The minimum absolute atomic E-state index is 0.310. The van der Waals surface area contributed by atoms with Crippen molar-refractivity contribution in [2.24, 2.45) is 11.3 Å². The normalized spacial score (nSPS) is 29.9. The number of hydrogen-bond acceptors (Lipinski definition) is 1. The molecule has 52 valence electrons. The zero-order valence-corrected chi connectivity index (χ0v) is 7.36. The van der Waals surface area contributed by atoms with Gasteiger partial charge in [0.05, 0.1) is 5.33 Å². The first-order valence-electron chi connectivity index (χ1n) is 3.16. The lowest BCUT2D eigenvalue weighted by Gasteiger charge is -1.97. The first-order valence-corrected chi connectivity index (χ1v) is 4.29. The average Bonchev–Trinajstić information content (AvgIpc) is 2.38. The maximum Gasteiger partial charge on any atom is 0.147 e. The number of alkyl halides is 1. The van der Waals surface area contributed by atoms with Gasteiger partial charge in [0.2, 0.25) is 0 Å². The summed E-state index contributed by atoms with van der Waals surface area (Å²) >= 11 is 3.16. The Morgan fingerprint density at radius 3 is 2.33 bits per heavy atom. The highest BCUT2D eigenvalue weighted by Crippen LogP contribution is 2.52. The van der Waals surface area contributed by atoms with Crippen LogP contribution in [0.1, 0.15) is 20.3 Å². The lowest BCUT2D eigenvalue weighted by Crippen LogP contribution is -2.06. The molecule has 0 N–H and O–H groups in total. The molecule has 0 spiro atoms. The molecule has 1 rings (SSSR count). The van der Waals surface area contributed by atoms with Gasteiger partial charge < -0.3 is 0 Å². The number of hydrogen-bond donors (Lipinski definition) is 0. The molecule has 0 heterocycles. The summed E-state index contributed by atoms with van der Waals surface area (Å²) in [4.78, 5) is 10.9. The highest BCUT2D eigenvalue weighted by molar-refractivity contribution is 9.09. The zero-order valence-electron chi connectivity index (χ0n) is 5.78. The molecule has 9 heavy (non-hydrogen) atoms. The van der Waals surface area contributed by atoms with Crippen LogP contribution < -0.4 is 0 Å². The number of carbonyl (C=O) groups excluding carboxylic acids is 1. The molecule has 0 saturated heterocycles. The lowest BCUT2D eigenvalue weighted by atomic mass is 10.1. The Kier molecular flexibility index (Phi) is 1.68. The van der Waals surface area contributed by atoms with Crippen LogP contribution >= 0.6 is 15.9 Å². The molecule has 1 unspecified atom stereocenters. The van der Waals surface area contributed by atoms with Gasteiger partial charge in [0.1, 0.15) is 5.78 Å². The molecule has 1 aliphatic carbocycles. The topological polar surface area (TPSA) is 17.1 Å². The predicted octanol–water partition coefficient (Wildman–Crippen LogP) is 2.00. The Balaban J connectivity index is 2.42. The van der Waals surface area contributed by atoms with Gasteiger partial charge in [-0.15, -0.1) is 0 Å². The van der Waals surface area contributed by atoms with Gasteiger partial charge >= 0.3 is 0 Å². The number of carbonyl (C=O) groups is 1. The largest absolute Gasteiger partial charge is 0.298 e. The highest BCUT2D eigenvalue weighted by Gasteiger charge is 2.49. The summed E-state index contributed by atoms with van der Waals surface area (Å²) in [7, 11) is 0. The summed E-state index contributed by atoms with van der Waals surface area (Å²) in [6, 6.07) is 0. The molecule has 1 saturated carbocycles. The van der Waals surface area contributed by atoms with Crippen molar-refractivity contribution in [1.82, 2.24) is 0 Å². The van der Waals surface area contributed by atoms with Gasteiger partial charge in [-0.25, -0.2) is 0 Å². The van der Waals surface area contributed by atoms with Crippen molar-refractivity contribution in [3.8, 4) is 0 Å². The van der Waals surface area contributed by atoms with Crippen LogP contribution in [-0.4, -0.2) is 11.1 Å². The first kappa shape index (κ1) is 7.26. The van der Waals surface area contributed by atoms with Crippen molar-refractivity contribution in [2.45, 2.75) is 20.3 Å². The van der Waals surface area contributed by atoms with Gasteiger partial charge in [-0.05, 0) is 11.8 Å². The van der Waals surface area contributed by atoms with Gasteiger partial charge in [0, 0.05) is 5.92 Å². The van der Waals surface area contributed by atoms with Crippen molar-refractivity contribution in [3.05, 3.63) is 0 Å². The first-order chi connectivity index (χ1) is 4.08. The van der Waals surface area contributed by atoms with Crippen LogP contribution in [0.4, 0.5) is 0 Å². The van der Waals surface area contributed by atoms with E-state index in [0.29, 0.717) is 22.4 Å². The van der Waals surface area contributed by atoms with Crippen LogP contribution in [-0.2, 0) is 4.79 Å². The molecule has 0 radical (unpaired) electrons. The third-order valence-electron chi connectivity index (χ3n) is 2.03. The van der Waals surface area contributed by atoms with E-state index in [1.54, 1.807) is 0 Å². The van der Waals surface area contributed by atoms with Crippen molar-refractivity contribution in [1.29, 1.82) is 0 Å². The van der Waals surface area contributed by atoms with Gasteiger partial charge in [-0.3, -0.25) is 4.79 Å². The van der Waals surface area contributed by atoms with E-state index in [1.807, 2.05) is 0 Å². The van der Waals surface area contributed by atoms with Crippen LogP contribution in [0.25, 0.3) is 0 Å². The van der Waals surface area contributed by atoms with Crippen molar-refractivity contribution in [2.75, 3.05) is 5.33 Å². The molecular weight excluding hydrogens is 180 g/mol. The molecule has 2 heteroatoms. The van der Waals surface area contributed by atoms with E-state index >= 15 is 0 Å². The second kappa shape index (κ2) is 2.08. The Morgan fingerprint density at radius 2 is 2.22 bits per heavy atom. The van der Waals surface area contributed by atoms with E-state index in [2.05, 4.69) is 29.8 Å². The van der Waals surface area contributed by atoms with Crippen LogP contribution in [0.5, 0.6) is 0 Å². The van der Waals surface area contributed by atoms with E-state index in [1.165, 1.54) is 0 Å². The second-order valence-corrected chi connectivity index (χ2v) is 3.91. The zero-order chi connectivity index (χ0) is 7.07. The van der Waals surface area contributed by atoms with Gasteiger partial charge in [-0.1, -0.05) is 29.8 Å². The number of rotatable bonds is 2. The molecule has 0 aliphatic heterocycles. The lowest BCUT2D eigenvalue weighted by molar-refractivity contribution is -0.118. The quantitative estimate of drug-likeness (QED) is 0.610. The Morgan fingerprint density at radius 1 is 1.78 bits per heavy atom. The van der Waals surface area contributed by atoms with Gasteiger partial charge in [0.15, 0.2) is 0 Å². The Bertz CT molecular complexity index is 140. The van der Waals surface area contributed by atoms with E-state index in [-0.39, 0.29) is 0 Å². The molecule has 0 amide bonds. The molecule has 0 aromatic heterocycles. The highest BCUT2D eigenvalue weighted by atomic mass is 79.9. The predicted molar refractivity (Wildman–Crippen MR) is 40.7 cm³/mol. The van der Waals surface area contributed by atoms with E-state index in [9.17, 15) is 4.79 Å². The summed E-state index contributed by atoms with van der Waals surface area (Å²) in [6.45, 7) is 4.27. The summed E-state index contributed by atoms with van der Waals surface area (Å²) in [5.41, 5.74) is 0.310.